The van der Waals surface area contributed by atoms with Crippen LogP contribution in [-0.4, -0.2) is 81.3 Å². The average molecular weight is 607 g/mol. The molecule has 12 nitrogen and oxygen atoms in total. The largest absolute Gasteiger partial charge is 0.444 e. The average Bonchev–Trinajstić information content (AvgIpc) is 2.97. The van der Waals surface area contributed by atoms with Crippen LogP contribution in [0, 0.1) is 5.41 Å². The van der Waals surface area contributed by atoms with E-state index in [1.54, 1.807) is 34.6 Å². The van der Waals surface area contributed by atoms with Crippen LogP contribution in [0.1, 0.15) is 54.4 Å². The molecule has 0 saturated carbocycles. The second-order valence-corrected chi connectivity index (χ2v) is 12.0. The van der Waals surface area contributed by atoms with Crippen LogP contribution < -0.4 is 11.5 Å². The Labute approximate surface area is 260 Å². The number of amides is 2. The van der Waals surface area contributed by atoms with E-state index in [0.717, 1.165) is 16.9 Å². The van der Waals surface area contributed by atoms with Crippen molar-refractivity contribution in [3.05, 3.63) is 78.0 Å². The van der Waals surface area contributed by atoms with Gasteiger partial charge in [0.2, 0.25) is 0 Å². The zero-order chi connectivity index (χ0) is 32.8. The van der Waals surface area contributed by atoms with Gasteiger partial charge in [0.25, 0.3) is 0 Å². The van der Waals surface area contributed by atoms with Gasteiger partial charge in [0.15, 0.2) is 5.82 Å². The summed E-state index contributed by atoms with van der Waals surface area (Å²) >= 11 is 0. The van der Waals surface area contributed by atoms with Crippen molar-refractivity contribution >= 4 is 29.9 Å². The Bertz CT molecular complexity index is 1290. The van der Waals surface area contributed by atoms with Gasteiger partial charge in [-0.15, -0.1) is 0 Å². The van der Waals surface area contributed by atoms with Crippen LogP contribution in [0.15, 0.2) is 83.0 Å². The molecule has 238 valence electrons. The second kappa shape index (κ2) is 16.8. The first-order chi connectivity index (χ1) is 20.7. The van der Waals surface area contributed by atoms with Crippen molar-refractivity contribution in [1.29, 1.82) is 5.41 Å². The number of nitrogens with two attached hydrogens (primary N) is 2. The van der Waals surface area contributed by atoms with E-state index in [1.807, 2.05) is 77.9 Å². The smallest absolute Gasteiger partial charge is 0.410 e. The second-order valence-electron chi connectivity index (χ2n) is 12.0. The lowest BCUT2D eigenvalue weighted by Gasteiger charge is -2.31. The Morgan fingerprint density at radius 2 is 1.45 bits per heavy atom. The van der Waals surface area contributed by atoms with Gasteiger partial charge in [-0.3, -0.25) is 4.98 Å². The molecule has 0 aromatic carbocycles. The maximum absolute atomic E-state index is 12.2. The number of rotatable bonds is 2. The fraction of sp³-hybridized carbons (Fsp3) is 0.438. The van der Waals surface area contributed by atoms with Crippen molar-refractivity contribution in [2.75, 3.05) is 26.2 Å². The highest BCUT2D eigenvalue weighted by Crippen LogP contribution is 2.20. The summed E-state index contributed by atoms with van der Waals surface area (Å²) in [6.45, 7) is 12.9. The first kappa shape index (κ1) is 35.5. The van der Waals surface area contributed by atoms with Gasteiger partial charge in [-0.2, -0.15) is 0 Å². The van der Waals surface area contributed by atoms with Crippen molar-refractivity contribution in [3.63, 3.8) is 0 Å². The number of ether oxygens (including phenoxy) is 2. The Kier molecular flexibility index (Phi) is 13.5. The van der Waals surface area contributed by atoms with E-state index < -0.39 is 11.2 Å². The van der Waals surface area contributed by atoms with Crippen LogP contribution in [0.2, 0.25) is 0 Å². The highest BCUT2D eigenvalue weighted by atomic mass is 16.6. The molecular formula is C32H46N8O4. The predicted octanol–water partition coefficient (Wildman–Crippen LogP) is 5.21. The van der Waals surface area contributed by atoms with Crippen molar-refractivity contribution in [1.82, 2.24) is 19.8 Å². The summed E-state index contributed by atoms with van der Waals surface area (Å²) in [7, 11) is 0. The van der Waals surface area contributed by atoms with Crippen LogP contribution in [0.25, 0.3) is 0 Å². The molecule has 0 spiro atoms. The summed E-state index contributed by atoms with van der Waals surface area (Å²) < 4.78 is 10.7. The molecule has 2 aliphatic rings. The molecule has 1 saturated heterocycles. The summed E-state index contributed by atoms with van der Waals surface area (Å²) in [4.78, 5) is 39.6. The van der Waals surface area contributed by atoms with Gasteiger partial charge >= 0.3 is 12.2 Å². The minimum atomic E-state index is -0.515. The van der Waals surface area contributed by atoms with Gasteiger partial charge in [0, 0.05) is 43.6 Å². The summed E-state index contributed by atoms with van der Waals surface area (Å²) in [5.74, 6) is 0.600. The highest BCUT2D eigenvalue weighted by molar-refractivity contribution is 6.04. The molecule has 2 aromatic heterocycles. The van der Waals surface area contributed by atoms with E-state index in [2.05, 4.69) is 15.0 Å². The zero-order valence-corrected chi connectivity index (χ0v) is 26.6. The molecule has 5 N–H and O–H groups in total. The summed E-state index contributed by atoms with van der Waals surface area (Å²) in [6.07, 6.45) is 8.57. The normalized spacial score (nSPS) is 17.1. The molecule has 2 amide bonds. The van der Waals surface area contributed by atoms with Crippen LogP contribution in [0.4, 0.5) is 15.4 Å². The van der Waals surface area contributed by atoms with E-state index in [1.165, 1.54) is 6.21 Å². The van der Waals surface area contributed by atoms with Crippen molar-refractivity contribution in [2.24, 2.45) is 16.5 Å². The molecule has 12 heteroatoms. The van der Waals surface area contributed by atoms with Gasteiger partial charge in [-0.1, -0.05) is 12.1 Å². The fourth-order valence-electron chi connectivity index (χ4n) is 3.85. The number of nitrogens with zero attached hydrogens (tertiary/aromatic N) is 5. The van der Waals surface area contributed by atoms with E-state index in [9.17, 15) is 9.59 Å². The minimum absolute atomic E-state index is 0.336. The van der Waals surface area contributed by atoms with Gasteiger partial charge < -0.3 is 36.2 Å². The molecule has 0 unspecified atom stereocenters. The van der Waals surface area contributed by atoms with Crippen LogP contribution in [-0.2, 0) is 9.47 Å². The third-order valence-corrected chi connectivity index (χ3v) is 5.93. The van der Waals surface area contributed by atoms with E-state index in [0.29, 0.717) is 50.5 Å². The summed E-state index contributed by atoms with van der Waals surface area (Å²) in [5.41, 5.74) is 13.5. The minimum Gasteiger partial charge on any atom is -0.444 e. The molecular weight excluding hydrogens is 560 g/mol. The third kappa shape index (κ3) is 13.1. The lowest BCUT2D eigenvalue weighted by Crippen LogP contribution is -2.44. The molecule has 2 aromatic rings. The topological polar surface area (TPSA) is 173 Å². The number of likely N-dealkylation sites (tertiary alicyclic amines) is 1. The van der Waals surface area contributed by atoms with Crippen molar-refractivity contribution < 1.29 is 19.1 Å². The molecule has 2 aliphatic heterocycles. The van der Waals surface area contributed by atoms with Gasteiger partial charge in [-0.25, -0.2) is 19.6 Å². The zero-order valence-electron chi connectivity index (χ0n) is 26.6. The Hall–Kier alpha value is -4.74. The Balaban J connectivity index is 0.000000266. The van der Waals surface area contributed by atoms with Crippen LogP contribution >= 0.6 is 0 Å². The summed E-state index contributed by atoms with van der Waals surface area (Å²) in [5, 5.41) is 7.15. The molecule has 44 heavy (non-hydrogen) atoms. The number of aromatic nitrogens is 2. The molecule has 4 rings (SSSR count). The lowest BCUT2D eigenvalue weighted by molar-refractivity contribution is 0.0255. The first-order valence-electron chi connectivity index (χ1n) is 14.4. The molecule has 0 bridgehead atoms. The maximum atomic E-state index is 12.2. The number of carbonyl (C=O) groups excluding carboxylic acids is 2. The number of aliphatic imine (C=N–C) groups is 1. The van der Waals surface area contributed by atoms with Crippen molar-refractivity contribution in [2.45, 2.75) is 65.6 Å². The van der Waals surface area contributed by atoms with Crippen molar-refractivity contribution in [3.8, 4) is 0 Å². The van der Waals surface area contributed by atoms with Gasteiger partial charge in [0.1, 0.15) is 11.2 Å². The standard InChI is InChI=1S/C16H22N4O2.C11H19N3O2.C5H5N/c1-16(2,3)22-15(21)20-9-7-12(10-17)13(11-20)19-14-6-4-5-8-18-14;1-11(2,3)16-10(15)14-5-4-8(6-12)9(13)7-14;1-2-4-6-5-3-1/h4-6,8,10H,7,9,11,17H2,1-3H3;6,12H,4-5,7,13H2,1-3H3;1-5H. The Morgan fingerprint density at radius 1 is 0.886 bits per heavy atom. The Morgan fingerprint density at radius 3 is 1.89 bits per heavy atom. The molecule has 1 fully saturated rings. The number of pyridine rings is 2. The first-order valence-corrected chi connectivity index (χ1v) is 14.4. The quantitative estimate of drug-likeness (QED) is 0.391. The molecule has 4 heterocycles. The predicted molar refractivity (Wildman–Crippen MR) is 173 cm³/mol. The maximum Gasteiger partial charge on any atom is 0.410 e. The summed E-state index contributed by atoms with van der Waals surface area (Å²) in [6, 6.07) is 11.2. The van der Waals surface area contributed by atoms with E-state index >= 15 is 0 Å². The van der Waals surface area contributed by atoms with Gasteiger partial charge in [-0.05, 0) is 96.0 Å². The third-order valence-electron chi connectivity index (χ3n) is 5.93. The fourth-order valence-corrected chi connectivity index (χ4v) is 3.85. The number of nitrogens with one attached hydrogen (secondary N) is 1. The van der Waals surface area contributed by atoms with E-state index in [-0.39, 0.29) is 12.2 Å². The van der Waals surface area contributed by atoms with Gasteiger partial charge in [0.05, 0.1) is 18.8 Å². The van der Waals surface area contributed by atoms with E-state index in [4.69, 9.17) is 26.4 Å². The molecule has 0 radical (unpaired) electrons. The number of carbonyl (C=O) groups is 2. The highest BCUT2D eigenvalue weighted by Gasteiger charge is 2.28. The SMILES string of the molecule is CC(C)(C)OC(=O)N1CCC(=CN)C(=Nc2ccccn2)C1.CC(C)(C)OC(=O)N1CCC(C=N)=C(N)C1.c1ccncc1. The van der Waals surface area contributed by atoms with Crippen LogP contribution in [0.5, 0.6) is 0 Å². The molecule has 0 atom stereocenters. The molecule has 0 aliphatic carbocycles. The number of hydrogen-bond acceptors (Lipinski definition) is 10. The van der Waals surface area contributed by atoms with Crippen LogP contribution in [0.3, 0.4) is 0 Å². The monoisotopic (exact) mass is 606 g/mol. The number of hydrogen-bond donors (Lipinski definition) is 3. The lowest BCUT2D eigenvalue weighted by atomic mass is 10.0. The number of piperidine rings is 1.